The molecule has 190 valence electrons. The third-order valence-electron chi connectivity index (χ3n) is 7.30. The van der Waals surface area contributed by atoms with Gasteiger partial charge in [0.15, 0.2) is 12.1 Å². The van der Waals surface area contributed by atoms with Crippen LogP contribution in [0.5, 0.6) is 5.75 Å². The largest absolute Gasteiger partial charge is 0.486 e. The Kier molecular flexibility index (Phi) is 7.80. The first-order valence-electron chi connectivity index (χ1n) is 13.0. The second-order valence-corrected chi connectivity index (χ2v) is 9.93. The van der Waals surface area contributed by atoms with Crippen molar-refractivity contribution in [3.05, 3.63) is 71.3 Å². The maximum absolute atomic E-state index is 13.1. The summed E-state index contributed by atoms with van der Waals surface area (Å²) in [5.74, 6) is 0.372. The number of rotatable bonds is 7. The fraction of sp³-hybridized carbons (Fsp3) is 0.448. The molecule has 5 rings (SSSR count). The van der Waals surface area contributed by atoms with Crippen molar-refractivity contribution in [3.63, 3.8) is 0 Å². The van der Waals surface area contributed by atoms with Gasteiger partial charge in [-0.25, -0.2) is 10.3 Å². The SMILES string of the molecule is O=C(C=Cc1ccc2c(c1)C(=O)CC1(CCN(CCc3ccccc3)CC1)O2)NOC1CCCCO1. The number of ether oxygens (including phenoxy) is 2. The first-order chi connectivity index (χ1) is 17.6. The summed E-state index contributed by atoms with van der Waals surface area (Å²) in [6.07, 6.45) is 8.61. The zero-order chi connectivity index (χ0) is 24.8. The van der Waals surface area contributed by atoms with E-state index in [1.807, 2.05) is 18.2 Å². The third kappa shape index (κ3) is 6.22. The lowest BCUT2D eigenvalue weighted by Gasteiger charge is -2.44. The zero-order valence-corrected chi connectivity index (χ0v) is 20.6. The minimum absolute atomic E-state index is 0.103. The minimum atomic E-state index is -0.414. The van der Waals surface area contributed by atoms with Crippen molar-refractivity contribution in [3.8, 4) is 5.75 Å². The predicted octanol–water partition coefficient (Wildman–Crippen LogP) is 4.32. The maximum atomic E-state index is 13.1. The Labute approximate surface area is 212 Å². The third-order valence-corrected chi connectivity index (χ3v) is 7.30. The van der Waals surface area contributed by atoms with E-state index in [9.17, 15) is 9.59 Å². The van der Waals surface area contributed by atoms with Gasteiger partial charge in [-0.1, -0.05) is 36.4 Å². The molecule has 2 aromatic carbocycles. The average molecular weight is 491 g/mol. The molecule has 36 heavy (non-hydrogen) atoms. The van der Waals surface area contributed by atoms with E-state index < -0.39 is 11.9 Å². The summed E-state index contributed by atoms with van der Waals surface area (Å²) >= 11 is 0. The Morgan fingerprint density at radius 2 is 1.97 bits per heavy atom. The summed E-state index contributed by atoms with van der Waals surface area (Å²) in [6, 6.07) is 16.1. The van der Waals surface area contributed by atoms with Crippen molar-refractivity contribution in [2.45, 2.75) is 56.8 Å². The van der Waals surface area contributed by atoms with Crippen LogP contribution in [0.25, 0.3) is 6.08 Å². The molecule has 0 radical (unpaired) electrons. The molecule has 0 saturated carbocycles. The van der Waals surface area contributed by atoms with Crippen molar-refractivity contribution in [2.24, 2.45) is 0 Å². The molecule has 1 atom stereocenters. The van der Waals surface area contributed by atoms with Crippen LogP contribution in [0.2, 0.25) is 0 Å². The van der Waals surface area contributed by atoms with E-state index in [2.05, 4.69) is 34.6 Å². The number of fused-ring (bicyclic) bond motifs is 1. The second-order valence-electron chi connectivity index (χ2n) is 9.93. The van der Waals surface area contributed by atoms with Crippen LogP contribution in [0.3, 0.4) is 0 Å². The molecular weight excluding hydrogens is 456 g/mol. The number of hydroxylamine groups is 1. The van der Waals surface area contributed by atoms with E-state index in [4.69, 9.17) is 14.3 Å². The molecule has 1 amide bonds. The number of piperidine rings is 1. The minimum Gasteiger partial charge on any atom is -0.486 e. The van der Waals surface area contributed by atoms with Gasteiger partial charge in [0, 0.05) is 51.6 Å². The van der Waals surface area contributed by atoms with Crippen LogP contribution in [0.15, 0.2) is 54.6 Å². The van der Waals surface area contributed by atoms with Gasteiger partial charge >= 0.3 is 0 Å². The van der Waals surface area contributed by atoms with E-state index in [1.54, 1.807) is 12.1 Å². The molecule has 3 aliphatic heterocycles. The number of Topliss-reactive ketones (excluding diaryl/α,β-unsaturated/α-hetero) is 1. The van der Waals surface area contributed by atoms with Crippen LogP contribution in [-0.4, -0.2) is 54.7 Å². The average Bonchev–Trinajstić information content (AvgIpc) is 2.92. The highest BCUT2D eigenvalue weighted by molar-refractivity contribution is 6.01. The number of hydrogen-bond acceptors (Lipinski definition) is 6. The summed E-state index contributed by atoms with van der Waals surface area (Å²) in [4.78, 5) is 32.9. The number of benzene rings is 2. The normalized spacial score (nSPS) is 21.8. The molecule has 2 fully saturated rings. The molecule has 1 N–H and O–H groups in total. The fourth-order valence-corrected chi connectivity index (χ4v) is 5.14. The van der Waals surface area contributed by atoms with Gasteiger partial charge in [-0.05, 0) is 48.6 Å². The Morgan fingerprint density at radius 3 is 2.75 bits per heavy atom. The summed E-state index contributed by atoms with van der Waals surface area (Å²) in [5.41, 5.74) is 4.70. The van der Waals surface area contributed by atoms with Gasteiger partial charge in [-0.2, -0.15) is 0 Å². The molecule has 0 bridgehead atoms. The molecule has 2 aromatic rings. The van der Waals surface area contributed by atoms with E-state index in [-0.39, 0.29) is 11.7 Å². The molecule has 1 spiro atoms. The summed E-state index contributed by atoms with van der Waals surface area (Å²) in [7, 11) is 0. The molecule has 2 saturated heterocycles. The van der Waals surface area contributed by atoms with Crippen molar-refractivity contribution in [1.82, 2.24) is 10.4 Å². The molecule has 7 nitrogen and oxygen atoms in total. The van der Waals surface area contributed by atoms with Crippen molar-refractivity contribution < 1.29 is 23.9 Å². The van der Waals surface area contributed by atoms with Crippen molar-refractivity contribution in [1.29, 1.82) is 0 Å². The van der Waals surface area contributed by atoms with Crippen LogP contribution in [-0.2, 0) is 20.8 Å². The van der Waals surface area contributed by atoms with E-state index in [0.29, 0.717) is 24.3 Å². The van der Waals surface area contributed by atoms with E-state index >= 15 is 0 Å². The van der Waals surface area contributed by atoms with Crippen LogP contribution >= 0.6 is 0 Å². The Bertz CT molecular complexity index is 1090. The first-order valence-corrected chi connectivity index (χ1v) is 13.0. The van der Waals surface area contributed by atoms with Gasteiger partial charge < -0.3 is 14.4 Å². The number of carbonyl (C=O) groups is 2. The van der Waals surface area contributed by atoms with Crippen LogP contribution in [0.1, 0.15) is 60.0 Å². The first kappa shape index (κ1) is 24.7. The summed E-state index contributed by atoms with van der Waals surface area (Å²) in [5, 5.41) is 0. The van der Waals surface area contributed by atoms with Crippen molar-refractivity contribution >= 4 is 17.8 Å². The molecule has 0 aromatic heterocycles. The monoisotopic (exact) mass is 490 g/mol. The molecule has 1 unspecified atom stereocenters. The van der Waals surface area contributed by atoms with Crippen LogP contribution in [0.4, 0.5) is 0 Å². The Morgan fingerprint density at radius 1 is 1.14 bits per heavy atom. The highest BCUT2D eigenvalue weighted by atomic mass is 16.8. The highest BCUT2D eigenvalue weighted by Crippen LogP contribution is 2.39. The van der Waals surface area contributed by atoms with Crippen molar-refractivity contribution in [2.75, 3.05) is 26.2 Å². The quantitative estimate of drug-likeness (QED) is 0.460. The van der Waals surface area contributed by atoms with E-state index in [1.165, 1.54) is 11.6 Å². The number of ketones is 1. The molecule has 3 aliphatic rings. The Hall–Kier alpha value is -3.00. The van der Waals surface area contributed by atoms with Crippen LogP contribution in [0, 0.1) is 0 Å². The molecule has 3 heterocycles. The summed E-state index contributed by atoms with van der Waals surface area (Å²) in [6.45, 7) is 3.53. The zero-order valence-electron chi connectivity index (χ0n) is 20.6. The van der Waals surface area contributed by atoms with Gasteiger partial charge in [0.25, 0.3) is 5.91 Å². The number of nitrogens with zero attached hydrogens (tertiary/aromatic N) is 1. The second kappa shape index (κ2) is 11.4. The van der Waals surface area contributed by atoms with Gasteiger partial charge in [-0.3, -0.25) is 9.59 Å². The van der Waals surface area contributed by atoms with Crippen LogP contribution < -0.4 is 10.2 Å². The lowest BCUT2D eigenvalue weighted by Crippen LogP contribution is -2.51. The predicted molar refractivity (Wildman–Crippen MR) is 136 cm³/mol. The maximum Gasteiger partial charge on any atom is 0.267 e. The standard InChI is InChI=1S/C29H34N2O5/c32-25-21-29(14-17-31(18-15-29)16-13-22-6-2-1-3-7-22)35-26-11-9-23(20-24(25)26)10-12-27(33)30-36-28-8-4-5-19-34-28/h1-3,6-7,9-12,20,28H,4-5,8,13-19,21H2,(H,30,33). The topological polar surface area (TPSA) is 77.1 Å². The van der Waals surface area contributed by atoms with Gasteiger partial charge in [0.05, 0.1) is 12.0 Å². The number of amides is 1. The smallest absolute Gasteiger partial charge is 0.267 e. The lowest BCUT2D eigenvalue weighted by molar-refractivity contribution is -0.198. The number of likely N-dealkylation sites (tertiary alicyclic amines) is 1. The highest BCUT2D eigenvalue weighted by Gasteiger charge is 2.42. The van der Waals surface area contributed by atoms with Gasteiger partial charge in [0.1, 0.15) is 11.4 Å². The number of hydrogen-bond donors (Lipinski definition) is 1. The van der Waals surface area contributed by atoms with E-state index in [0.717, 1.165) is 63.7 Å². The van der Waals surface area contributed by atoms with Gasteiger partial charge in [-0.15, -0.1) is 0 Å². The number of nitrogens with one attached hydrogen (secondary N) is 1. The molecule has 0 aliphatic carbocycles. The fourth-order valence-electron chi connectivity index (χ4n) is 5.14. The molecule has 7 heteroatoms. The lowest BCUT2D eigenvalue weighted by atomic mass is 9.82. The Balaban J connectivity index is 1.13. The van der Waals surface area contributed by atoms with Gasteiger partial charge in [0.2, 0.25) is 0 Å². The molecular formula is C29H34N2O5. The number of carbonyl (C=O) groups excluding carboxylic acids is 2. The summed E-state index contributed by atoms with van der Waals surface area (Å²) < 4.78 is 11.9.